The molecule has 2 rings (SSSR count). The van der Waals surface area contributed by atoms with Crippen LogP contribution in [0, 0.1) is 10.1 Å². The van der Waals surface area contributed by atoms with Crippen molar-refractivity contribution in [1.29, 1.82) is 0 Å². The van der Waals surface area contributed by atoms with E-state index in [9.17, 15) is 14.9 Å². The lowest BCUT2D eigenvalue weighted by Gasteiger charge is -1.96. The maximum atomic E-state index is 10.9. The van der Waals surface area contributed by atoms with Gasteiger partial charge < -0.3 is 9.47 Å². The van der Waals surface area contributed by atoms with Gasteiger partial charge in [0.25, 0.3) is 5.69 Å². The molecule has 0 saturated heterocycles. The zero-order valence-corrected chi connectivity index (χ0v) is 9.52. The fourth-order valence-electron chi connectivity index (χ4n) is 1.29. The Morgan fingerprint density at radius 3 is 2.82 bits per heavy atom. The number of benzene rings is 1. The molecule has 0 atom stereocenters. The first-order valence-electron chi connectivity index (χ1n) is 4.54. The van der Waals surface area contributed by atoms with Gasteiger partial charge in [0.15, 0.2) is 5.06 Å². The lowest BCUT2D eigenvalue weighted by Crippen LogP contribution is -2.05. The number of hydrogen-bond donors (Lipinski definition) is 0. The van der Waals surface area contributed by atoms with Gasteiger partial charge in [0.1, 0.15) is 0 Å². The van der Waals surface area contributed by atoms with Gasteiger partial charge in [-0.1, -0.05) is 11.3 Å². The van der Waals surface area contributed by atoms with Crippen molar-refractivity contribution in [3.05, 3.63) is 34.4 Å². The summed E-state index contributed by atoms with van der Waals surface area (Å²) >= 11 is 1.22. The molecule has 0 fully saturated rings. The van der Waals surface area contributed by atoms with Gasteiger partial charge in [-0.2, -0.15) is 0 Å². The number of nitrogens with zero attached hydrogens (tertiary/aromatic N) is 1. The summed E-state index contributed by atoms with van der Waals surface area (Å²) in [5.41, 5.74) is -0.0000759. The summed E-state index contributed by atoms with van der Waals surface area (Å²) in [7, 11) is 1.21. The molecule has 1 heterocycles. The van der Waals surface area contributed by atoms with Crippen molar-refractivity contribution < 1.29 is 19.2 Å². The van der Waals surface area contributed by atoms with E-state index in [0.29, 0.717) is 10.4 Å². The summed E-state index contributed by atoms with van der Waals surface area (Å²) < 4.78 is 9.99. The maximum absolute atomic E-state index is 10.9. The number of hydrogen-bond acceptors (Lipinski definition) is 6. The van der Waals surface area contributed by atoms with Crippen molar-refractivity contribution in [2.24, 2.45) is 0 Å². The summed E-state index contributed by atoms with van der Waals surface area (Å²) in [5.74, 6) is 0. The number of fused-ring (bicyclic) bond motifs is 1. The van der Waals surface area contributed by atoms with Crippen molar-refractivity contribution in [1.82, 2.24) is 0 Å². The van der Waals surface area contributed by atoms with Crippen molar-refractivity contribution in [3.63, 3.8) is 0 Å². The van der Waals surface area contributed by atoms with E-state index in [-0.39, 0.29) is 5.69 Å². The number of nitro groups is 1. The minimum atomic E-state index is -0.814. The predicted octanol–water partition coefficient (Wildman–Crippen LogP) is 2.95. The standard InChI is InChI=1S/C10H7NO5S/c1-15-10(12)16-9-5-6-4-7(11(13)14)2-3-8(6)17-9/h2-5H,1H3. The van der Waals surface area contributed by atoms with E-state index in [2.05, 4.69) is 4.74 Å². The fraction of sp³-hybridized carbons (Fsp3) is 0.100. The van der Waals surface area contributed by atoms with Crippen LogP contribution in [0.2, 0.25) is 0 Å². The number of non-ortho nitro benzene ring substituents is 1. The summed E-state index contributed by atoms with van der Waals surface area (Å²) in [6.07, 6.45) is -0.814. The summed E-state index contributed by atoms with van der Waals surface area (Å²) in [5, 5.41) is 11.6. The third-order valence-electron chi connectivity index (χ3n) is 2.04. The smallest absolute Gasteiger partial charge is 0.437 e. The third kappa shape index (κ3) is 2.34. The first-order chi connectivity index (χ1) is 8.10. The molecule has 0 aliphatic rings. The molecule has 0 saturated carbocycles. The molecule has 0 radical (unpaired) electrons. The Kier molecular flexibility index (Phi) is 2.92. The number of carbonyl (C=O) groups is 1. The Morgan fingerprint density at radius 1 is 1.41 bits per heavy atom. The highest BCUT2D eigenvalue weighted by Gasteiger charge is 2.11. The van der Waals surface area contributed by atoms with E-state index >= 15 is 0 Å². The van der Waals surface area contributed by atoms with Crippen molar-refractivity contribution >= 4 is 33.3 Å². The normalized spacial score (nSPS) is 10.2. The molecule has 0 unspecified atom stereocenters. The van der Waals surface area contributed by atoms with Gasteiger partial charge in [-0.05, 0) is 6.07 Å². The Labute approximate surface area is 99.5 Å². The molecular formula is C10H7NO5S. The molecule has 0 amide bonds. The van der Waals surface area contributed by atoms with Gasteiger partial charge in [0.05, 0.1) is 12.0 Å². The summed E-state index contributed by atoms with van der Waals surface area (Å²) in [6, 6.07) is 6.00. The van der Waals surface area contributed by atoms with Crippen LogP contribution in [0.5, 0.6) is 5.06 Å². The van der Waals surface area contributed by atoms with E-state index in [4.69, 9.17) is 4.74 Å². The Bertz CT molecular complexity index is 591. The van der Waals surface area contributed by atoms with Gasteiger partial charge in [-0.3, -0.25) is 10.1 Å². The van der Waals surface area contributed by atoms with Crippen LogP contribution in [0.15, 0.2) is 24.3 Å². The number of carbonyl (C=O) groups excluding carboxylic acids is 1. The van der Waals surface area contributed by atoms with E-state index in [1.165, 1.54) is 30.6 Å². The Balaban J connectivity index is 2.37. The van der Waals surface area contributed by atoms with Crippen LogP contribution in [0.4, 0.5) is 10.5 Å². The number of rotatable bonds is 2. The lowest BCUT2D eigenvalue weighted by molar-refractivity contribution is -0.384. The van der Waals surface area contributed by atoms with Gasteiger partial charge in [-0.15, -0.1) is 0 Å². The van der Waals surface area contributed by atoms with Crippen LogP contribution >= 0.6 is 11.3 Å². The molecule has 17 heavy (non-hydrogen) atoms. The SMILES string of the molecule is COC(=O)Oc1cc2cc([N+](=O)[O-])ccc2s1. The molecule has 0 aliphatic heterocycles. The van der Waals surface area contributed by atoms with E-state index in [1.807, 2.05) is 0 Å². The van der Waals surface area contributed by atoms with Gasteiger partial charge in [0.2, 0.25) is 0 Å². The van der Waals surface area contributed by atoms with Crippen LogP contribution in [0.1, 0.15) is 0 Å². The fourth-order valence-corrected chi connectivity index (χ4v) is 2.18. The predicted molar refractivity (Wildman–Crippen MR) is 61.5 cm³/mol. The largest absolute Gasteiger partial charge is 0.514 e. The Morgan fingerprint density at radius 2 is 2.18 bits per heavy atom. The first kappa shape index (κ1) is 11.3. The molecule has 0 spiro atoms. The van der Waals surface area contributed by atoms with Crippen molar-refractivity contribution in [3.8, 4) is 5.06 Å². The highest BCUT2D eigenvalue weighted by molar-refractivity contribution is 7.20. The van der Waals surface area contributed by atoms with Gasteiger partial charge >= 0.3 is 6.16 Å². The van der Waals surface area contributed by atoms with Gasteiger partial charge in [-0.25, -0.2) is 4.79 Å². The number of thiophene rings is 1. The molecular weight excluding hydrogens is 246 g/mol. The average Bonchev–Trinajstić information content (AvgIpc) is 2.69. The minimum Gasteiger partial charge on any atom is -0.437 e. The van der Waals surface area contributed by atoms with Crippen LogP contribution in [0.25, 0.3) is 10.1 Å². The van der Waals surface area contributed by atoms with E-state index < -0.39 is 11.1 Å². The molecule has 0 N–H and O–H groups in total. The minimum absolute atomic E-state index is 0.0000759. The molecule has 88 valence electrons. The molecule has 7 heteroatoms. The van der Waals surface area contributed by atoms with Crippen molar-refractivity contribution in [2.45, 2.75) is 0 Å². The molecule has 1 aromatic heterocycles. The molecule has 2 aromatic rings. The number of ether oxygens (including phenoxy) is 2. The second kappa shape index (κ2) is 4.38. The zero-order valence-electron chi connectivity index (χ0n) is 8.71. The van der Waals surface area contributed by atoms with E-state index in [1.54, 1.807) is 12.1 Å². The summed E-state index contributed by atoms with van der Waals surface area (Å²) in [6.45, 7) is 0. The molecule has 6 nitrogen and oxygen atoms in total. The molecule has 1 aromatic carbocycles. The van der Waals surface area contributed by atoms with E-state index in [0.717, 1.165) is 4.70 Å². The number of nitro benzene ring substituents is 1. The molecule has 0 bridgehead atoms. The van der Waals surface area contributed by atoms with Crippen LogP contribution < -0.4 is 4.74 Å². The topological polar surface area (TPSA) is 78.7 Å². The molecule has 0 aliphatic carbocycles. The second-order valence-electron chi connectivity index (χ2n) is 3.10. The first-order valence-corrected chi connectivity index (χ1v) is 5.35. The third-order valence-corrected chi connectivity index (χ3v) is 3.03. The van der Waals surface area contributed by atoms with Crippen LogP contribution in [0.3, 0.4) is 0 Å². The summed E-state index contributed by atoms with van der Waals surface area (Å²) in [4.78, 5) is 21.0. The Hall–Kier alpha value is -2.15. The highest BCUT2D eigenvalue weighted by Crippen LogP contribution is 2.33. The quantitative estimate of drug-likeness (QED) is 0.467. The van der Waals surface area contributed by atoms with Crippen molar-refractivity contribution in [2.75, 3.05) is 7.11 Å². The lowest BCUT2D eigenvalue weighted by atomic mass is 10.2. The maximum Gasteiger partial charge on any atom is 0.514 e. The van der Waals surface area contributed by atoms with Crippen LogP contribution in [-0.2, 0) is 4.74 Å². The van der Waals surface area contributed by atoms with Gasteiger partial charge in [0, 0.05) is 28.3 Å². The average molecular weight is 253 g/mol. The second-order valence-corrected chi connectivity index (χ2v) is 4.15. The highest BCUT2D eigenvalue weighted by atomic mass is 32.1. The number of methoxy groups -OCH3 is 1. The zero-order chi connectivity index (χ0) is 12.4. The monoisotopic (exact) mass is 253 g/mol. The van der Waals surface area contributed by atoms with Crippen LogP contribution in [-0.4, -0.2) is 18.2 Å².